The van der Waals surface area contributed by atoms with Crippen molar-refractivity contribution in [1.29, 1.82) is 0 Å². The Morgan fingerprint density at radius 1 is 1.14 bits per heavy atom. The van der Waals surface area contributed by atoms with Crippen LogP contribution in [-0.2, 0) is 4.79 Å². The molecule has 1 aliphatic heterocycles. The van der Waals surface area contributed by atoms with Crippen LogP contribution in [0.5, 0.6) is 0 Å². The highest BCUT2D eigenvalue weighted by atomic mass is 127. The number of hydrogen-bond donors (Lipinski definition) is 2. The third kappa shape index (κ3) is 8.23. The summed E-state index contributed by atoms with van der Waals surface area (Å²) in [5, 5.41) is 6.82. The highest BCUT2D eigenvalue weighted by Gasteiger charge is 2.42. The van der Waals surface area contributed by atoms with E-state index in [0.717, 1.165) is 57.2 Å². The lowest BCUT2D eigenvalue weighted by atomic mass is 9.85. The molecule has 7 heteroatoms. The number of carbonyl (C=O) groups excluding carboxylic acids is 1. The molecule has 0 aromatic heterocycles. The second kappa shape index (κ2) is 13.7. The molecule has 1 atom stereocenters. The Labute approximate surface area is 195 Å². The predicted molar refractivity (Wildman–Crippen MR) is 133 cm³/mol. The molecule has 2 N–H and O–H groups in total. The average Bonchev–Trinajstić information content (AvgIpc) is 3.16. The van der Waals surface area contributed by atoms with Gasteiger partial charge in [0, 0.05) is 33.2 Å². The number of halogens is 1. The van der Waals surface area contributed by atoms with Crippen LogP contribution in [0.2, 0.25) is 0 Å². The Hall–Kier alpha value is -0.570. The monoisotopic (exact) mass is 521 g/mol. The highest BCUT2D eigenvalue weighted by molar-refractivity contribution is 14.0. The SMILES string of the molecule is CCNC(=NCC1(C(=O)N(C)C)CCCC1)NCCCCN1CCCCC1C.I. The van der Waals surface area contributed by atoms with Crippen molar-refractivity contribution in [2.24, 2.45) is 10.4 Å². The van der Waals surface area contributed by atoms with E-state index in [4.69, 9.17) is 4.99 Å². The lowest BCUT2D eigenvalue weighted by Gasteiger charge is -2.33. The minimum atomic E-state index is -0.295. The molecule has 29 heavy (non-hydrogen) atoms. The molecular formula is C22H44IN5O. The van der Waals surface area contributed by atoms with Gasteiger partial charge >= 0.3 is 0 Å². The molecule has 0 spiro atoms. The molecule has 1 aliphatic carbocycles. The lowest BCUT2D eigenvalue weighted by Crippen LogP contribution is -2.43. The molecule has 0 aromatic rings. The van der Waals surface area contributed by atoms with E-state index in [1.165, 1.54) is 38.8 Å². The predicted octanol–water partition coefficient (Wildman–Crippen LogP) is 3.46. The molecule has 1 amide bonds. The Kier molecular flexibility index (Phi) is 12.5. The van der Waals surface area contributed by atoms with Crippen molar-refractivity contribution in [3.63, 3.8) is 0 Å². The van der Waals surface area contributed by atoms with Gasteiger partial charge in [-0.3, -0.25) is 9.79 Å². The number of hydrogen-bond acceptors (Lipinski definition) is 3. The van der Waals surface area contributed by atoms with Crippen molar-refractivity contribution in [1.82, 2.24) is 20.4 Å². The molecule has 0 bridgehead atoms. The summed E-state index contributed by atoms with van der Waals surface area (Å²) in [7, 11) is 3.72. The molecule has 0 radical (unpaired) electrons. The summed E-state index contributed by atoms with van der Waals surface area (Å²) in [4.78, 5) is 21.9. The van der Waals surface area contributed by atoms with Crippen LogP contribution >= 0.6 is 24.0 Å². The zero-order valence-electron chi connectivity index (χ0n) is 19.1. The lowest BCUT2D eigenvalue weighted by molar-refractivity contribution is -0.138. The first kappa shape index (κ1) is 26.5. The fourth-order valence-corrected chi connectivity index (χ4v) is 4.67. The summed E-state index contributed by atoms with van der Waals surface area (Å²) in [5.74, 6) is 1.09. The number of guanidine groups is 1. The van der Waals surface area contributed by atoms with Gasteiger partial charge in [-0.25, -0.2) is 0 Å². The van der Waals surface area contributed by atoms with Crippen molar-refractivity contribution >= 4 is 35.8 Å². The molecule has 0 aromatic carbocycles. The smallest absolute Gasteiger partial charge is 0.230 e. The van der Waals surface area contributed by atoms with Crippen LogP contribution in [0.1, 0.15) is 71.6 Å². The van der Waals surface area contributed by atoms with Crippen LogP contribution in [-0.4, -0.2) is 74.5 Å². The van der Waals surface area contributed by atoms with Crippen molar-refractivity contribution < 1.29 is 4.79 Å². The van der Waals surface area contributed by atoms with Gasteiger partial charge in [0.15, 0.2) is 5.96 Å². The summed E-state index contributed by atoms with van der Waals surface area (Å²) >= 11 is 0. The average molecular weight is 522 g/mol. The van der Waals surface area contributed by atoms with E-state index in [1.807, 2.05) is 14.1 Å². The van der Waals surface area contributed by atoms with Crippen LogP contribution in [0.3, 0.4) is 0 Å². The van der Waals surface area contributed by atoms with Gasteiger partial charge in [-0.1, -0.05) is 19.3 Å². The summed E-state index contributed by atoms with van der Waals surface area (Å²) in [6.45, 7) is 9.28. The third-order valence-electron chi connectivity index (χ3n) is 6.41. The maximum atomic E-state index is 12.7. The van der Waals surface area contributed by atoms with Gasteiger partial charge in [-0.2, -0.15) is 0 Å². The molecule has 1 saturated carbocycles. The number of unbranched alkanes of at least 4 members (excludes halogenated alkanes) is 1. The van der Waals surface area contributed by atoms with Gasteiger partial charge < -0.3 is 20.4 Å². The molecule has 1 heterocycles. The fraction of sp³-hybridized carbons (Fsp3) is 0.909. The van der Waals surface area contributed by atoms with Gasteiger partial charge in [0.1, 0.15) is 0 Å². The summed E-state index contributed by atoms with van der Waals surface area (Å²) in [6, 6.07) is 0.748. The Morgan fingerprint density at radius 2 is 1.86 bits per heavy atom. The second-order valence-electron chi connectivity index (χ2n) is 8.90. The van der Waals surface area contributed by atoms with Crippen LogP contribution in [0, 0.1) is 5.41 Å². The maximum Gasteiger partial charge on any atom is 0.230 e. The standard InChI is InChI=1S/C22H43N5O.HI/c1-5-23-21(24-15-9-11-17-27-16-10-6-12-19(27)2)25-18-22(13-7-8-14-22)20(28)26(3)4;/h19H,5-18H2,1-4H3,(H2,23,24,25);1H. The van der Waals surface area contributed by atoms with Gasteiger partial charge in [-0.05, 0) is 65.5 Å². The van der Waals surface area contributed by atoms with E-state index >= 15 is 0 Å². The number of rotatable bonds is 9. The first-order chi connectivity index (χ1) is 13.5. The molecule has 1 unspecified atom stereocenters. The summed E-state index contributed by atoms with van der Waals surface area (Å²) < 4.78 is 0. The minimum absolute atomic E-state index is 0. The molecule has 170 valence electrons. The number of carbonyl (C=O) groups is 1. The molecule has 2 rings (SSSR count). The number of piperidine rings is 1. The molecule has 2 fully saturated rings. The van der Waals surface area contributed by atoms with E-state index < -0.39 is 0 Å². The zero-order valence-corrected chi connectivity index (χ0v) is 21.5. The first-order valence-electron chi connectivity index (χ1n) is 11.5. The van der Waals surface area contributed by atoms with Gasteiger partial charge in [-0.15, -0.1) is 24.0 Å². The van der Waals surface area contributed by atoms with Gasteiger partial charge in [0.05, 0.1) is 12.0 Å². The molecular weight excluding hydrogens is 477 g/mol. The van der Waals surface area contributed by atoms with Crippen LogP contribution < -0.4 is 10.6 Å². The normalized spacial score (nSPS) is 22.1. The van der Waals surface area contributed by atoms with E-state index in [2.05, 4.69) is 29.4 Å². The van der Waals surface area contributed by atoms with Gasteiger partial charge in [0.25, 0.3) is 0 Å². The van der Waals surface area contributed by atoms with E-state index in [1.54, 1.807) is 4.90 Å². The van der Waals surface area contributed by atoms with E-state index in [0.29, 0.717) is 6.54 Å². The third-order valence-corrected chi connectivity index (χ3v) is 6.41. The van der Waals surface area contributed by atoms with E-state index in [-0.39, 0.29) is 35.3 Å². The Morgan fingerprint density at radius 3 is 2.48 bits per heavy atom. The quantitative estimate of drug-likeness (QED) is 0.211. The molecule has 6 nitrogen and oxygen atoms in total. The number of nitrogens with zero attached hydrogens (tertiary/aromatic N) is 3. The van der Waals surface area contributed by atoms with E-state index in [9.17, 15) is 4.79 Å². The summed E-state index contributed by atoms with van der Waals surface area (Å²) in [6.07, 6.45) is 10.6. The zero-order chi connectivity index (χ0) is 20.4. The largest absolute Gasteiger partial charge is 0.357 e. The van der Waals surface area contributed by atoms with Crippen LogP contribution in [0.25, 0.3) is 0 Å². The first-order valence-corrected chi connectivity index (χ1v) is 11.5. The number of aliphatic imine (C=N–C) groups is 1. The Bertz CT molecular complexity index is 505. The maximum absolute atomic E-state index is 12.7. The highest BCUT2D eigenvalue weighted by Crippen LogP contribution is 2.39. The van der Waals surface area contributed by atoms with Crippen molar-refractivity contribution in [2.45, 2.75) is 77.7 Å². The fourth-order valence-electron chi connectivity index (χ4n) is 4.67. The molecule has 2 aliphatic rings. The Balaban J connectivity index is 0.00000420. The van der Waals surface area contributed by atoms with Crippen molar-refractivity contribution in [3.05, 3.63) is 0 Å². The topological polar surface area (TPSA) is 60.0 Å². The second-order valence-corrected chi connectivity index (χ2v) is 8.90. The van der Waals surface area contributed by atoms with Crippen molar-refractivity contribution in [3.8, 4) is 0 Å². The number of likely N-dealkylation sites (tertiary alicyclic amines) is 1. The summed E-state index contributed by atoms with van der Waals surface area (Å²) in [5.41, 5.74) is -0.295. The van der Waals surface area contributed by atoms with Crippen LogP contribution in [0.15, 0.2) is 4.99 Å². The molecule has 1 saturated heterocycles. The van der Waals surface area contributed by atoms with Crippen molar-refractivity contribution in [2.75, 3.05) is 46.8 Å². The minimum Gasteiger partial charge on any atom is -0.357 e. The number of amides is 1. The number of nitrogens with one attached hydrogen (secondary N) is 2. The van der Waals surface area contributed by atoms with Crippen LogP contribution in [0.4, 0.5) is 0 Å². The van der Waals surface area contributed by atoms with Gasteiger partial charge in [0.2, 0.25) is 5.91 Å².